The summed E-state index contributed by atoms with van der Waals surface area (Å²) in [6.07, 6.45) is 0. The van der Waals surface area contributed by atoms with Crippen LogP contribution in [-0.2, 0) is 0 Å². The molecule has 98 valence electrons. The van der Waals surface area contributed by atoms with Gasteiger partial charge in [-0.15, -0.1) is 0 Å². The van der Waals surface area contributed by atoms with Gasteiger partial charge in [0.25, 0.3) is 0 Å². The highest BCUT2D eigenvalue weighted by Gasteiger charge is 2.25. The molecule has 0 heterocycles. The fraction of sp³-hybridized carbons (Fsp3) is 0.167. The molecule has 0 aliphatic rings. The van der Waals surface area contributed by atoms with Crippen LogP contribution in [0.15, 0.2) is 30.3 Å². The molecule has 19 heavy (non-hydrogen) atoms. The van der Waals surface area contributed by atoms with Gasteiger partial charge in [-0.3, -0.25) is 0 Å². The van der Waals surface area contributed by atoms with Crippen LogP contribution >= 0.6 is 0 Å². The van der Waals surface area contributed by atoms with Crippen molar-refractivity contribution in [3.05, 3.63) is 30.3 Å². The lowest BCUT2D eigenvalue weighted by Crippen LogP contribution is -2.49. The number of benzene rings is 2. The Balaban J connectivity index is 2.72. The van der Waals surface area contributed by atoms with E-state index in [4.69, 9.17) is 0 Å². The number of fused-ring (bicyclic) bond motifs is 1. The number of hydrogen-bond acceptors (Lipinski definition) is 5. The molecule has 0 saturated heterocycles. The molecule has 2 rings (SSSR count). The summed E-state index contributed by atoms with van der Waals surface area (Å²) < 4.78 is 0. The van der Waals surface area contributed by atoms with Gasteiger partial charge in [0.15, 0.2) is 0 Å². The standard InChI is InChI=1S/C12H15B2NO4/c1-15(2)9-4-5-10-8(7-9)3-6-11(13(16)17)12(10)14(18)19/h3-7,16-19H,1-2H3. The van der Waals surface area contributed by atoms with Crippen LogP contribution in [-0.4, -0.2) is 48.4 Å². The number of hydrogen-bond donors (Lipinski definition) is 4. The minimum Gasteiger partial charge on any atom is -0.423 e. The first kappa shape index (κ1) is 13.9. The van der Waals surface area contributed by atoms with Gasteiger partial charge in [0, 0.05) is 19.8 Å². The molecule has 0 aromatic heterocycles. The van der Waals surface area contributed by atoms with Crippen molar-refractivity contribution < 1.29 is 20.1 Å². The summed E-state index contributed by atoms with van der Waals surface area (Å²) in [5.41, 5.74) is 1.20. The maximum absolute atomic E-state index is 9.45. The van der Waals surface area contributed by atoms with Crippen LogP contribution in [0.25, 0.3) is 10.8 Å². The van der Waals surface area contributed by atoms with Crippen molar-refractivity contribution in [1.82, 2.24) is 0 Å². The molecule has 4 N–H and O–H groups in total. The van der Waals surface area contributed by atoms with Crippen LogP contribution in [0.2, 0.25) is 0 Å². The van der Waals surface area contributed by atoms with Crippen molar-refractivity contribution in [1.29, 1.82) is 0 Å². The minimum absolute atomic E-state index is 0.0973. The van der Waals surface area contributed by atoms with E-state index in [9.17, 15) is 20.1 Å². The second-order valence-corrected chi connectivity index (χ2v) is 4.62. The van der Waals surface area contributed by atoms with Gasteiger partial charge in [0.1, 0.15) is 0 Å². The summed E-state index contributed by atoms with van der Waals surface area (Å²) in [5, 5.41) is 38.9. The second kappa shape index (κ2) is 5.22. The predicted molar refractivity (Wildman–Crippen MR) is 77.9 cm³/mol. The molecule has 5 nitrogen and oxygen atoms in total. The number of nitrogens with zero attached hydrogens (tertiary/aromatic N) is 1. The van der Waals surface area contributed by atoms with Crippen LogP contribution in [0, 0.1) is 0 Å². The largest absolute Gasteiger partial charge is 0.488 e. The van der Waals surface area contributed by atoms with Crippen LogP contribution in [0.5, 0.6) is 0 Å². The second-order valence-electron chi connectivity index (χ2n) is 4.62. The van der Waals surface area contributed by atoms with Gasteiger partial charge in [-0.25, -0.2) is 0 Å². The summed E-state index contributed by atoms with van der Waals surface area (Å²) in [6, 6.07) is 8.69. The van der Waals surface area contributed by atoms with E-state index in [1.165, 1.54) is 6.07 Å². The predicted octanol–water partition coefficient (Wildman–Crippen LogP) is -1.73. The van der Waals surface area contributed by atoms with Crippen molar-refractivity contribution >= 4 is 41.6 Å². The van der Waals surface area contributed by atoms with Gasteiger partial charge < -0.3 is 25.0 Å². The molecule has 7 heteroatoms. The van der Waals surface area contributed by atoms with Crippen molar-refractivity contribution in [3.63, 3.8) is 0 Å². The van der Waals surface area contributed by atoms with Crippen LogP contribution in [0.4, 0.5) is 5.69 Å². The molecule has 2 aromatic carbocycles. The van der Waals surface area contributed by atoms with Crippen molar-refractivity contribution in [3.8, 4) is 0 Å². The molecule has 2 aromatic rings. The van der Waals surface area contributed by atoms with Gasteiger partial charge in [-0.2, -0.15) is 0 Å². The molecule has 0 fully saturated rings. The third-order valence-corrected chi connectivity index (χ3v) is 3.13. The van der Waals surface area contributed by atoms with Crippen molar-refractivity contribution in [2.75, 3.05) is 19.0 Å². The lowest BCUT2D eigenvalue weighted by atomic mass is 9.64. The highest BCUT2D eigenvalue weighted by molar-refractivity contribution is 6.73. The van der Waals surface area contributed by atoms with Crippen LogP contribution in [0.3, 0.4) is 0 Å². The first-order valence-corrected chi connectivity index (χ1v) is 5.88. The van der Waals surface area contributed by atoms with E-state index in [1.54, 1.807) is 12.1 Å². The lowest BCUT2D eigenvalue weighted by Gasteiger charge is -2.16. The monoisotopic (exact) mass is 259 g/mol. The quantitative estimate of drug-likeness (QED) is 0.492. The smallest absolute Gasteiger partial charge is 0.423 e. The van der Waals surface area contributed by atoms with E-state index in [-0.39, 0.29) is 10.9 Å². The van der Waals surface area contributed by atoms with Gasteiger partial charge in [0.2, 0.25) is 0 Å². The molecule has 0 aliphatic carbocycles. The summed E-state index contributed by atoms with van der Waals surface area (Å²) in [7, 11) is 0.323. The molecule has 0 radical (unpaired) electrons. The third kappa shape index (κ3) is 2.59. The molecule has 0 amide bonds. The summed E-state index contributed by atoms with van der Waals surface area (Å²) >= 11 is 0. The molecule has 0 saturated carbocycles. The molecule has 0 bridgehead atoms. The average molecular weight is 259 g/mol. The molecule has 0 atom stereocenters. The van der Waals surface area contributed by atoms with Gasteiger partial charge in [-0.1, -0.05) is 18.2 Å². The Labute approximate surface area is 112 Å². The fourth-order valence-corrected chi connectivity index (χ4v) is 2.15. The normalized spacial score (nSPS) is 10.6. The van der Waals surface area contributed by atoms with Gasteiger partial charge in [0.05, 0.1) is 0 Å². The maximum Gasteiger partial charge on any atom is 0.488 e. The minimum atomic E-state index is -1.76. The number of anilines is 1. The lowest BCUT2D eigenvalue weighted by molar-refractivity contribution is 0.419. The topological polar surface area (TPSA) is 84.2 Å². The van der Waals surface area contributed by atoms with Crippen molar-refractivity contribution in [2.45, 2.75) is 0 Å². The summed E-state index contributed by atoms with van der Waals surface area (Å²) in [5.74, 6) is 0. The fourth-order valence-electron chi connectivity index (χ4n) is 2.15. The first-order valence-electron chi connectivity index (χ1n) is 5.88. The zero-order chi connectivity index (χ0) is 14.2. The first-order chi connectivity index (χ1) is 8.91. The van der Waals surface area contributed by atoms with Crippen molar-refractivity contribution in [2.24, 2.45) is 0 Å². The molecular weight excluding hydrogens is 244 g/mol. The Hall–Kier alpha value is -1.53. The summed E-state index contributed by atoms with van der Waals surface area (Å²) in [4.78, 5) is 1.93. The zero-order valence-electron chi connectivity index (χ0n) is 10.8. The van der Waals surface area contributed by atoms with Gasteiger partial charge in [-0.05, 0) is 33.8 Å². The van der Waals surface area contributed by atoms with E-state index in [1.807, 2.05) is 31.1 Å². The highest BCUT2D eigenvalue weighted by atomic mass is 16.4. The third-order valence-electron chi connectivity index (χ3n) is 3.13. The Bertz CT molecular complexity index is 602. The molecule has 0 unspecified atom stereocenters. The van der Waals surface area contributed by atoms with E-state index < -0.39 is 14.2 Å². The molecule has 0 aliphatic heterocycles. The number of rotatable bonds is 3. The molecule has 0 spiro atoms. The SMILES string of the molecule is CN(C)c1ccc2c(B(O)O)c(B(O)O)ccc2c1. The van der Waals surface area contributed by atoms with Crippen LogP contribution < -0.4 is 15.8 Å². The maximum atomic E-state index is 9.45. The Kier molecular flexibility index (Phi) is 3.82. The summed E-state index contributed by atoms with van der Waals surface area (Å²) in [6.45, 7) is 0. The van der Waals surface area contributed by atoms with E-state index >= 15 is 0 Å². The Morgan fingerprint density at radius 1 is 0.895 bits per heavy atom. The average Bonchev–Trinajstić information content (AvgIpc) is 2.35. The zero-order valence-corrected chi connectivity index (χ0v) is 10.8. The van der Waals surface area contributed by atoms with Gasteiger partial charge >= 0.3 is 14.2 Å². The Morgan fingerprint density at radius 2 is 1.58 bits per heavy atom. The Morgan fingerprint density at radius 3 is 2.11 bits per heavy atom. The highest BCUT2D eigenvalue weighted by Crippen LogP contribution is 2.19. The van der Waals surface area contributed by atoms with E-state index in [2.05, 4.69) is 0 Å². The molecular formula is C12H15B2NO4. The van der Waals surface area contributed by atoms with E-state index in [0.29, 0.717) is 5.39 Å². The van der Waals surface area contributed by atoms with Crippen LogP contribution in [0.1, 0.15) is 0 Å². The van der Waals surface area contributed by atoms with E-state index in [0.717, 1.165) is 11.1 Å².